The van der Waals surface area contributed by atoms with Gasteiger partial charge in [-0.3, -0.25) is 9.59 Å². The van der Waals surface area contributed by atoms with Crippen LogP contribution < -0.4 is 10.9 Å². The van der Waals surface area contributed by atoms with Gasteiger partial charge in [-0.2, -0.15) is 0 Å². The SMILES string of the molecule is CCCc1cc(SCC(=O)Nc2ccc3ccccc3c2)[nH]c(=O)c1. The van der Waals surface area contributed by atoms with Gasteiger partial charge in [0, 0.05) is 11.8 Å². The van der Waals surface area contributed by atoms with Crippen molar-refractivity contribution in [2.24, 2.45) is 0 Å². The molecule has 0 aliphatic carbocycles. The van der Waals surface area contributed by atoms with Crippen LogP contribution >= 0.6 is 11.8 Å². The number of hydrogen-bond acceptors (Lipinski definition) is 3. The zero-order valence-corrected chi connectivity index (χ0v) is 14.9. The minimum absolute atomic E-state index is 0.0953. The van der Waals surface area contributed by atoms with Crippen molar-refractivity contribution in [3.05, 3.63) is 70.5 Å². The number of pyridine rings is 1. The molecule has 0 radical (unpaired) electrons. The summed E-state index contributed by atoms with van der Waals surface area (Å²) in [7, 11) is 0. The van der Waals surface area contributed by atoms with Crippen molar-refractivity contribution >= 4 is 34.1 Å². The monoisotopic (exact) mass is 352 g/mol. The first-order chi connectivity index (χ1) is 12.1. The van der Waals surface area contributed by atoms with Gasteiger partial charge >= 0.3 is 0 Å². The van der Waals surface area contributed by atoms with Crippen molar-refractivity contribution in [3.8, 4) is 0 Å². The zero-order valence-electron chi connectivity index (χ0n) is 14.0. The lowest BCUT2D eigenvalue weighted by Crippen LogP contribution is -2.15. The summed E-state index contributed by atoms with van der Waals surface area (Å²) in [6.45, 7) is 2.07. The number of rotatable bonds is 6. The molecule has 1 aromatic heterocycles. The molecule has 25 heavy (non-hydrogen) atoms. The number of carbonyl (C=O) groups excluding carboxylic acids is 1. The predicted molar refractivity (Wildman–Crippen MR) is 104 cm³/mol. The molecule has 2 N–H and O–H groups in total. The average Bonchev–Trinajstić information content (AvgIpc) is 2.60. The number of fused-ring (bicyclic) bond motifs is 1. The van der Waals surface area contributed by atoms with Gasteiger partial charge < -0.3 is 10.3 Å². The van der Waals surface area contributed by atoms with Crippen molar-refractivity contribution < 1.29 is 4.79 Å². The van der Waals surface area contributed by atoms with Crippen LogP contribution in [0.3, 0.4) is 0 Å². The van der Waals surface area contributed by atoms with Crippen molar-refractivity contribution in [1.82, 2.24) is 4.98 Å². The standard InChI is InChI=1S/C20H20N2O2S/c1-2-5-14-10-18(23)22-20(11-14)25-13-19(24)21-17-9-8-15-6-3-4-7-16(15)12-17/h3-4,6-12H,2,5,13H2,1H3,(H,21,24)(H,22,23). The van der Waals surface area contributed by atoms with Crippen LogP contribution in [0, 0.1) is 0 Å². The van der Waals surface area contributed by atoms with Gasteiger partial charge in [-0.15, -0.1) is 0 Å². The van der Waals surface area contributed by atoms with E-state index in [-0.39, 0.29) is 17.2 Å². The molecule has 0 unspecified atom stereocenters. The van der Waals surface area contributed by atoms with E-state index in [1.54, 1.807) is 6.07 Å². The average molecular weight is 352 g/mol. The van der Waals surface area contributed by atoms with Crippen LogP contribution in [0.1, 0.15) is 18.9 Å². The minimum Gasteiger partial charge on any atom is -0.325 e. The largest absolute Gasteiger partial charge is 0.325 e. The van der Waals surface area contributed by atoms with Gasteiger partial charge in [-0.25, -0.2) is 0 Å². The van der Waals surface area contributed by atoms with Crippen molar-refractivity contribution in [1.29, 1.82) is 0 Å². The highest BCUT2D eigenvalue weighted by molar-refractivity contribution is 7.99. The van der Waals surface area contributed by atoms with Crippen molar-refractivity contribution in [2.45, 2.75) is 24.8 Å². The number of aryl methyl sites for hydroxylation is 1. The quantitative estimate of drug-likeness (QED) is 0.653. The van der Waals surface area contributed by atoms with Gasteiger partial charge in [0.25, 0.3) is 0 Å². The molecule has 0 aliphatic rings. The Bertz CT molecular complexity index is 950. The number of benzene rings is 2. The zero-order chi connectivity index (χ0) is 17.6. The molecule has 0 saturated heterocycles. The lowest BCUT2D eigenvalue weighted by Gasteiger charge is -2.07. The Labute approximate surface area is 150 Å². The van der Waals surface area contributed by atoms with E-state index in [4.69, 9.17) is 0 Å². The Balaban J connectivity index is 1.63. The fraction of sp³-hybridized carbons (Fsp3) is 0.200. The summed E-state index contributed by atoms with van der Waals surface area (Å²) in [6, 6.07) is 17.4. The molecule has 1 amide bonds. The first-order valence-electron chi connectivity index (χ1n) is 8.29. The van der Waals surface area contributed by atoms with E-state index in [9.17, 15) is 9.59 Å². The van der Waals surface area contributed by atoms with Gasteiger partial charge in [-0.1, -0.05) is 55.4 Å². The van der Waals surface area contributed by atoms with E-state index in [0.29, 0.717) is 0 Å². The molecule has 3 aromatic rings. The Morgan fingerprint density at radius 3 is 2.68 bits per heavy atom. The van der Waals surface area contributed by atoms with E-state index in [1.165, 1.54) is 11.8 Å². The Kier molecular flexibility index (Phi) is 5.56. The second kappa shape index (κ2) is 8.03. The van der Waals surface area contributed by atoms with Crippen LogP contribution in [0.4, 0.5) is 5.69 Å². The third-order valence-electron chi connectivity index (χ3n) is 3.81. The molecule has 5 heteroatoms. The minimum atomic E-state index is -0.122. The highest BCUT2D eigenvalue weighted by atomic mass is 32.2. The van der Waals surface area contributed by atoms with Crippen LogP contribution in [-0.2, 0) is 11.2 Å². The van der Waals surface area contributed by atoms with E-state index in [0.717, 1.165) is 39.9 Å². The van der Waals surface area contributed by atoms with Gasteiger partial charge in [0.2, 0.25) is 11.5 Å². The van der Waals surface area contributed by atoms with E-state index in [2.05, 4.69) is 17.2 Å². The van der Waals surface area contributed by atoms with Gasteiger partial charge in [0.15, 0.2) is 0 Å². The molecular formula is C20H20N2O2S. The summed E-state index contributed by atoms with van der Waals surface area (Å²) in [5, 5.41) is 5.86. The summed E-state index contributed by atoms with van der Waals surface area (Å²) >= 11 is 1.34. The molecule has 0 atom stereocenters. The topological polar surface area (TPSA) is 62.0 Å². The lowest BCUT2D eigenvalue weighted by molar-refractivity contribution is -0.113. The Morgan fingerprint density at radius 2 is 1.88 bits per heavy atom. The van der Waals surface area contributed by atoms with Crippen LogP contribution in [0.25, 0.3) is 10.8 Å². The number of hydrogen-bond donors (Lipinski definition) is 2. The molecule has 0 spiro atoms. The molecule has 0 fully saturated rings. The number of aromatic nitrogens is 1. The number of thioether (sulfide) groups is 1. The van der Waals surface area contributed by atoms with Crippen LogP contribution in [-0.4, -0.2) is 16.6 Å². The number of carbonyl (C=O) groups is 1. The second-order valence-corrected chi connectivity index (χ2v) is 6.88. The number of aromatic amines is 1. The molecular weight excluding hydrogens is 332 g/mol. The van der Waals surface area contributed by atoms with Crippen LogP contribution in [0.5, 0.6) is 0 Å². The van der Waals surface area contributed by atoms with E-state index in [1.807, 2.05) is 48.5 Å². The summed E-state index contributed by atoms with van der Waals surface area (Å²) in [5.41, 5.74) is 1.66. The van der Waals surface area contributed by atoms with Crippen molar-refractivity contribution in [3.63, 3.8) is 0 Å². The summed E-state index contributed by atoms with van der Waals surface area (Å²) in [4.78, 5) is 26.6. The Morgan fingerprint density at radius 1 is 1.08 bits per heavy atom. The second-order valence-electron chi connectivity index (χ2n) is 5.87. The normalized spacial score (nSPS) is 10.8. The fourth-order valence-corrected chi connectivity index (χ4v) is 3.46. The molecule has 0 saturated carbocycles. The summed E-state index contributed by atoms with van der Waals surface area (Å²) in [5.74, 6) is 0.153. The van der Waals surface area contributed by atoms with E-state index >= 15 is 0 Å². The number of amides is 1. The molecule has 4 nitrogen and oxygen atoms in total. The molecule has 3 rings (SSSR count). The van der Waals surface area contributed by atoms with Crippen LogP contribution in [0.15, 0.2) is 64.4 Å². The maximum absolute atomic E-state index is 12.2. The van der Waals surface area contributed by atoms with Gasteiger partial charge in [0.05, 0.1) is 10.8 Å². The molecule has 1 heterocycles. The smallest absolute Gasteiger partial charge is 0.249 e. The highest BCUT2D eigenvalue weighted by Crippen LogP contribution is 2.20. The third-order valence-corrected chi connectivity index (χ3v) is 4.75. The first-order valence-corrected chi connectivity index (χ1v) is 9.27. The molecule has 2 aromatic carbocycles. The Hall–Kier alpha value is -2.53. The number of nitrogens with one attached hydrogen (secondary N) is 2. The van der Waals surface area contributed by atoms with Crippen molar-refractivity contribution in [2.75, 3.05) is 11.1 Å². The van der Waals surface area contributed by atoms with Gasteiger partial charge in [0.1, 0.15) is 0 Å². The summed E-state index contributed by atoms with van der Waals surface area (Å²) < 4.78 is 0. The molecule has 128 valence electrons. The molecule has 0 aliphatic heterocycles. The predicted octanol–water partition coefficient (Wildman–Crippen LogP) is 4.21. The highest BCUT2D eigenvalue weighted by Gasteiger charge is 2.06. The number of anilines is 1. The number of H-pyrrole nitrogens is 1. The fourth-order valence-electron chi connectivity index (χ4n) is 2.69. The van der Waals surface area contributed by atoms with E-state index < -0.39 is 0 Å². The van der Waals surface area contributed by atoms with Crippen LogP contribution in [0.2, 0.25) is 0 Å². The maximum Gasteiger partial charge on any atom is 0.249 e. The summed E-state index contributed by atoms with van der Waals surface area (Å²) in [6.07, 6.45) is 1.84. The maximum atomic E-state index is 12.2. The van der Waals surface area contributed by atoms with Gasteiger partial charge in [-0.05, 0) is 41.0 Å². The first kappa shape index (κ1) is 17.3. The molecule has 0 bridgehead atoms. The third kappa shape index (κ3) is 4.73. The lowest BCUT2D eigenvalue weighted by atomic mass is 10.1.